The second-order valence-corrected chi connectivity index (χ2v) is 6.47. The summed E-state index contributed by atoms with van der Waals surface area (Å²) in [7, 11) is 0. The van der Waals surface area contributed by atoms with Crippen LogP contribution < -0.4 is 5.32 Å². The first-order valence-electron chi connectivity index (χ1n) is 5.40. The zero-order valence-electron chi connectivity index (χ0n) is 8.92. The average molecular weight is 286 g/mol. The lowest BCUT2D eigenvalue weighted by atomic mass is 10.0. The number of aryl methyl sites for hydroxylation is 1. The van der Waals surface area contributed by atoms with E-state index in [2.05, 4.69) is 46.4 Å². The van der Waals surface area contributed by atoms with Crippen LogP contribution in [0.5, 0.6) is 0 Å². The molecule has 1 aliphatic carbocycles. The molecule has 1 nitrogen and oxygen atoms in total. The second kappa shape index (κ2) is 5.28. The smallest absolute Gasteiger partial charge is 0.0730 e. The van der Waals surface area contributed by atoms with Crippen LogP contribution in [0.25, 0.3) is 0 Å². The number of rotatable bonds is 3. The minimum atomic E-state index is 0.583. The van der Waals surface area contributed by atoms with Gasteiger partial charge in [-0.15, -0.1) is 11.3 Å². The summed E-state index contributed by atoms with van der Waals surface area (Å²) >= 11 is 5.39. The van der Waals surface area contributed by atoms with Crippen molar-refractivity contribution in [3.8, 4) is 0 Å². The van der Waals surface area contributed by atoms with Crippen LogP contribution in [-0.4, -0.2) is 6.04 Å². The zero-order chi connectivity index (χ0) is 10.7. The van der Waals surface area contributed by atoms with Gasteiger partial charge in [0, 0.05) is 17.5 Å². The maximum Gasteiger partial charge on any atom is 0.0730 e. The fraction of sp³-hybridized carbons (Fsp3) is 0.500. The quantitative estimate of drug-likeness (QED) is 0.828. The number of hydrogen-bond donors (Lipinski definition) is 1. The van der Waals surface area contributed by atoms with Gasteiger partial charge in [0.2, 0.25) is 0 Å². The van der Waals surface area contributed by atoms with E-state index in [0.29, 0.717) is 6.04 Å². The third-order valence-corrected chi connectivity index (χ3v) is 4.84. The highest BCUT2D eigenvalue weighted by atomic mass is 79.9. The third kappa shape index (κ3) is 3.16. The molecule has 1 atom stereocenters. The van der Waals surface area contributed by atoms with Crippen molar-refractivity contribution >= 4 is 27.3 Å². The third-order valence-electron chi connectivity index (χ3n) is 2.70. The van der Waals surface area contributed by atoms with Crippen molar-refractivity contribution in [3.05, 3.63) is 32.4 Å². The average Bonchev–Trinajstić information content (AvgIpc) is 2.57. The molecule has 1 aliphatic rings. The van der Waals surface area contributed by atoms with E-state index in [1.807, 2.05) is 11.3 Å². The lowest BCUT2D eigenvalue weighted by Crippen LogP contribution is -2.27. The molecule has 0 saturated heterocycles. The molecule has 0 bridgehead atoms. The van der Waals surface area contributed by atoms with Gasteiger partial charge in [-0.25, -0.2) is 0 Å². The van der Waals surface area contributed by atoms with Crippen molar-refractivity contribution in [3.63, 3.8) is 0 Å². The van der Waals surface area contributed by atoms with Crippen molar-refractivity contribution in [2.75, 3.05) is 0 Å². The molecule has 1 heterocycles. The summed E-state index contributed by atoms with van der Waals surface area (Å²) in [5.41, 5.74) is 1.34. The van der Waals surface area contributed by atoms with E-state index in [1.165, 1.54) is 33.5 Å². The van der Waals surface area contributed by atoms with Crippen LogP contribution in [0.2, 0.25) is 0 Å². The first-order valence-corrected chi connectivity index (χ1v) is 7.01. The van der Waals surface area contributed by atoms with Crippen LogP contribution in [0.3, 0.4) is 0 Å². The first-order chi connectivity index (χ1) is 7.25. The Morgan fingerprint density at radius 2 is 2.47 bits per heavy atom. The molecule has 0 aliphatic heterocycles. The van der Waals surface area contributed by atoms with Gasteiger partial charge in [0.25, 0.3) is 0 Å². The van der Waals surface area contributed by atoms with Gasteiger partial charge in [0.05, 0.1) is 3.79 Å². The molecule has 0 radical (unpaired) electrons. The monoisotopic (exact) mass is 285 g/mol. The van der Waals surface area contributed by atoms with Gasteiger partial charge in [-0.1, -0.05) is 12.2 Å². The number of halogens is 1. The molecule has 0 amide bonds. The molecular weight excluding hydrogens is 270 g/mol. The number of hydrogen-bond acceptors (Lipinski definition) is 2. The van der Waals surface area contributed by atoms with E-state index < -0.39 is 0 Å². The molecule has 1 aromatic rings. The Bertz CT molecular complexity index is 337. The number of thiophene rings is 1. The number of nitrogens with one attached hydrogen (secondary N) is 1. The summed E-state index contributed by atoms with van der Waals surface area (Å²) in [4.78, 5) is 1.42. The Labute approximate surface area is 104 Å². The second-order valence-electron chi connectivity index (χ2n) is 4.02. The van der Waals surface area contributed by atoms with E-state index in [1.54, 1.807) is 0 Å². The fourth-order valence-corrected chi connectivity index (χ4v) is 3.40. The minimum absolute atomic E-state index is 0.583. The molecular formula is C12H16BrNS. The molecule has 1 unspecified atom stereocenters. The van der Waals surface area contributed by atoms with Crippen molar-refractivity contribution in [1.82, 2.24) is 5.32 Å². The fourth-order valence-electron chi connectivity index (χ4n) is 1.82. The summed E-state index contributed by atoms with van der Waals surface area (Å²) in [5.74, 6) is 0. The predicted molar refractivity (Wildman–Crippen MR) is 70.4 cm³/mol. The Morgan fingerprint density at radius 3 is 3.07 bits per heavy atom. The van der Waals surface area contributed by atoms with Gasteiger partial charge < -0.3 is 5.32 Å². The highest BCUT2D eigenvalue weighted by Gasteiger charge is 2.08. The molecule has 0 saturated carbocycles. The standard InChI is InChI=1S/C12H16BrNS/c1-9-7-11(15-12(9)13)8-14-10-5-3-2-4-6-10/h3,5,7,10,14H,2,4,6,8H2,1H3. The van der Waals surface area contributed by atoms with Crippen LogP contribution in [0.4, 0.5) is 0 Å². The minimum Gasteiger partial charge on any atom is -0.306 e. The highest BCUT2D eigenvalue weighted by Crippen LogP contribution is 2.27. The summed E-state index contributed by atoms with van der Waals surface area (Å²) in [6.45, 7) is 3.14. The van der Waals surface area contributed by atoms with Crippen molar-refractivity contribution in [1.29, 1.82) is 0 Å². The SMILES string of the molecule is Cc1cc(CNC2C=CCCC2)sc1Br. The number of allylic oxidation sites excluding steroid dienone is 1. The normalized spacial score (nSPS) is 20.8. The lowest BCUT2D eigenvalue weighted by Gasteiger charge is -2.17. The summed E-state index contributed by atoms with van der Waals surface area (Å²) in [6, 6.07) is 2.84. The van der Waals surface area contributed by atoms with Crippen LogP contribution in [0.1, 0.15) is 29.7 Å². The highest BCUT2D eigenvalue weighted by molar-refractivity contribution is 9.11. The Morgan fingerprint density at radius 1 is 1.60 bits per heavy atom. The van der Waals surface area contributed by atoms with E-state index in [9.17, 15) is 0 Å². The van der Waals surface area contributed by atoms with Crippen LogP contribution >= 0.6 is 27.3 Å². The summed E-state index contributed by atoms with van der Waals surface area (Å²) in [5, 5.41) is 3.58. The van der Waals surface area contributed by atoms with Gasteiger partial charge in [-0.2, -0.15) is 0 Å². The van der Waals surface area contributed by atoms with Gasteiger partial charge >= 0.3 is 0 Å². The molecule has 1 aromatic heterocycles. The Balaban J connectivity index is 1.87. The van der Waals surface area contributed by atoms with Crippen molar-refractivity contribution < 1.29 is 0 Å². The molecule has 3 heteroatoms. The molecule has 2 rings (SSSR count). The van der Waals surface area contributed by atoms with E-state index in [4.69, 9.17) is 0 Å². The molecule has 0 fully saturated rings. The van der Waals surface area contributed by atoms with Gasteiger partial charge in [0.15, 0.2) is 0 Å². The maximum atomic E-state index is 3.58. The summed E-state index contributed by atoms with van der Waals surface area (Å²) < 4.78 is 1.26. The Kier molecular flexibility index (Phi) is 4.00. The zero-order valence-corrected chi connectivity index (χ0v) is 11.3. The van der Waals surface area contributed by atoms with Gasteiger partial charge in [-0.05, 0) is 53.7 Å². The molecule has 15 heavy (non-hydrogen) atoms. The van der Waals surface area contributed by atoms with Crippen LogP contribution in [-0.2, 0) is 6.54 Å². The Hall–Kier alpha value is -0.120. The van der Waals surface area contributed by atoms with Crippen LogP contribution in [0, 0.1) is 6.92 Å². The van der Waals surface area contributed by atoms with E-state index in [-0.39, 0.29) is 0 Å². The molecule has 1 N–H and O–H groups in total. The van der Waals surface area contributed by atoms with Gasteiger partial charge in [0.1, 0.15) is 0 Å². The largest absolute Gasteiger partial charge is 0.306 e. The summed E-state index contributed by atoms with van der Waals surface area (Å²) in [6.07, 6.45) is 8.45. The lowest BCUT2D eigenvalue weighted by molar-refractivity contribution is 0.525. The topological polar surface area (TPSA) is 12.0 Å². The molecule has 82 valence electrons. The van der Waals surface area contributed by atoms with Gasteiger partial charge in [-0.3, -0.25) is 0 Å². The molecule has 0 aromatic carbocycles. The van der Waals surface area contributed by atoms with Crippen LogP contribution in [0.15, 0.2) is 22.0 Å². The van der Waals surface area contributed by atoms with E-state index in [0.717, 1.165) is 6.54 Å². The predicted octanol–water partition coefficient (Wildman–Crippen LogP) is 4.02. The van der Waals surface area contributed by atoms with E-state index >= 15 is 0 Å². The maximum absolute atomic E-state index is 3.58. The van der Waals surface area contributed by atoms with Crippen molar-refractivity contribution in [2.24, 2.45) is 0 Å². The first kappa shape index (κ1) is 11.4. The molecule has 0 spiro atoms. The van der Waals surface area contributed by atoms with Crippen molar-refractivity contribution in [2.45, 2.75) is 38.8 Å².